The van der Waals surface area contributed by atoms with Gasteiger partial charge >= 0.3 is 0 Å². The number of nitrogens with zero attached hydrogens (tertiary/aromatic N) is 4. The second kappa shape index (κ2) is 10.1. The van der Waals surface area contributed by atoms with Gasteiger partial charge in [-0.05, 0) is 30.7 Å². The number of piperidine rings is 1. The fourth-order valence-corrected chi connectivity index (χ4v) is 3.77. The van der Waals surface area contributed by atoms with E-state index in [9.17, 15) is 0 Å². The molecule has 1 fully saturated rings. The first-order valence-electron chi connectivity index (χ1n) is 9.58. The summed E-state index contributed by atoms with van der Waals surface area (Å²) in [5, 5.41) is 3.59. The molecular weight excluding hydrogens is 449 g/mol. The van der Waals surface area contributed by atoms with Crippen LogP contribution in [0, 0.1) is 12.8 Å². The molecule has 0 bridgehead atoms. The van der Waals surface area contributed by atoms with Gasteiger partial charge in [0, 0.05) is 39.1 Å². The average molecular weight is 481 g/mol. The number of nitrogens with one attached hydrogen (secondary N) is 1. The van der Waals surface area contributed by atoms with Crippen molar-refractivity contribution < 1.29 is 0 Å². The third-order valence-electron chi connectivity index (χ3n) is 5.52. The molecule has 1 N–H and O–H groups in total. The largest absolute Gasteiger partial charge is 0.356 e. The molecule has 0 saturated carbocycles. The lowest BCUT2D eigenvalue weighted by atomic mass is 9.93. The Morgan fingerprint density at radius 1 is 1.41 bits per heavy atom. The molecule has 0 aliphatic carbocycles. The normalized spacial score (nSPS) is 21.5. The Bertz CT molecular complexity index is 728. The Balaban J connectivity index is 0.00000261. The number of rotatable bonds is 4. The Morgan fingerprint density at radius 3 is 2.89 bits per heavy atom. The van der Waals surface area contributed by atoms with Crippen LogP contribution < -0.4 is 5.32 Å². The van der Waals surface area contributed by atoms with Gasteiger partial charge in [-0.15, -0.1) is 24.0 Å². The van der Waals surface area contributed by atoms with E-state index in [0.717, 1.165) is 32.0 Å². The molecule has 2 aromatic rings. The van der Waals surface area contributed by atoms with Gasteiger partial charge in [-0.2, -0.15) is 0 Å². The van der Waals surface area contributed by atoms with Crippen LogP contribution in [0.3, 0.4) is 0 Å². The second-order valence-electron chi connectivity index (χ2n) is 7.53. The summed E-state index contributed by atoms with van der Waals surface area (Å²) in [5.41, 5.74) is 2.68. The number of hydrogen-bond acceptors (Lipinski definition) is 2. The highest BCUT2D eigenvalue weighted by Crippen LogP contribution is 2.27. The van der Waals surface area contributed by atoms with Gasteiger partial charge in [0.05, 0.1) is 12.4 Å². The van der Waals surface area contributed by atoms with Gasteiger partial charge in [0.15, 0.2) is 5.96 Å². The van der Waals surface area contributed by atoms with Crippen molar-refractivity contribution in [1.29, 1.82) is 0 Å². The van der Waals surface area contributed by atoms with E-state index < -0.39 is 0 Å². The summed E-state index contributed by atoms with van der Waals surface area (Å²) in [4.78, 5) is 11.1. The molecular formula is C21H32IN5. The highest BCUT2D eigenvalue weighted by Gasteiger charge is 2.28. The van der Waals surface area contributed by atoms with Crippen molar-refractivity contribution in [2.24, 2.45) is 10.9 Å². The molecule has 27 heavy (non-hydrogen) atoms. The number of halogens is 1. The van der Waals surface area contributed by atoms with E-state index in [0.29, 0.717) is 17.9 Å². The zero-order valence-corrected chi connectivity index (χ0v) is 19.1. The van der Waals surface area contributed by atoms with Gasteiger partial charge in [0.25, 0.3) is 0 Å². The number of benzene rings is 1. The molecule has 3 rings (SSSR count). The molecule has 1 saturated heterocycles. The maximum absolute atomic E-state index is 4.54. The Labute approximate surface area is 180 Å². The molecule has 3 unspecified atom stereocenters. The molecule has 0 amide bonds. The number of guanidine groups is 1. The van der Waals surface area contributed by atoms with Gasteiger partial charge < -0.3 is 14.8 Å². The number of aliphatic imine (C=N–C) groups is 1. The summed E-state index contributed by atoms with van der Waals surface area (Å²) in [5.74, 6) is 2.09. The Kier molecular flexibility index (Phi) is 8.13. The van der Waals surface area contributed by atoms with E-state index in [1.165, 1.54) is 11.1 Å². The zero-order valence-electron chi connectivity index (χ0n) is 16.8. The van der Waals surface area contributed by atoms with Crippen LogP contribution in [0.15, 0.2) is 48.0 Å². The number of hydrogen-bond donors (Lipinski definition) is 1. The van der Waals surface area contributed by atoms with Gasteiger partial charge in [0.2, 0.25) is 0 Å². The van der Waals surface area contributed by atoms with Gasteiger partial charge in [-0.25, -0.2) is 4.98 Å². The minimum Gasteiger partial charge on any atom is -0.356 e. The first-order valence-corrected chi connectivity index (χ1v) is 9.58. The van der Waals surface area contributed by atoms with Gasteiger partial charge in [-0.1, -0.05) is 43.7 Å². The smallest absolute Gasteiger partial charge is 0.193 e. The Hall–Kier alpha value is -1.57. The van der Waals surface area contributed by atoms with E-state index in [1.807, 2.05) is 19.6 Å². The van der Waals surface area contributed by atoms with E-state index in [2.05, 4.69) is 76.0 Å². The molecule has 1 aromatic heterocycles. The van der Waals surface area contributed by atoms with Crippen molar-refractivity contribution in [3.63, 3.8) is 0 Å². The second-order valence-corrected chi connectivity index (χ2v) is 7.53. The van der Waals surface area contributed by atoms with Crippen LogP contribution in [0.25, 0.3) is 0 Å². The fourth-order valence-electron chi connectivity index (χ4n) is 3.77. The molecule has 1 aliphatic heterocycles. The minimum atomic E-state index is 0. The van der Waals surface area contributed by atoms with Crippen LogP contribution in [-0.4, -0.2) is 47.1 Å². The maximum atomic E-state index is 4.54. The summed E-state index contributed by atoms with van der Waals surface area (Å²) in [6.07, 6.45) is 7.03. The Morgan fingerprint density at radius 2 is 2.22 bits per heavy atom. The van der Waals surface area contributed by atoms with E-state index >= 15 is 0 Å². The summed E-state index contributed by atoms with van der Waals surface area (Å²) in [6.45, 7) is 9.65. The summed E-state index contributed by atoms with van der Waals surface area (Å²) < 4.78 is 2.24. The van der Waals surface area contributed by atoms with E-state index in [-0.39, 0.29) is 24.0 Å². The highest BCUT2D eigenvalue weighted by molar-refractivity contribution is 14.0. The molecule has 3 atom stereocenters. The summed E-state index contributed by atoms with van der Waals surface area (Å²) in [6, 6.07) is 9.21. The minimum absolute atomic E-state index is 0. The number of aromatic nitrogens is 2. The standard InChI is InChI=1S/C21H31N5.HI/c1-16-6-5-7-19(12-16)18(3)13-24-21(22-4)25-10-8-17(2)20(14-25)26-11-9-23-15-26;/h5-7,9,11-12,15,17-18,20H,8,10,13-14H2,1-4H3,(H,22,24);1H. The van der Waals surface area contributed by atoms with E-state index in [1.54, 1.807) is 0 Å². The first kappa shape index (κ1) is 21.7. The maximum Gasteiger partial charge on any atom is 0.193 e. The van der Waals surface area contributed by atoms with Crippen LogP contribution in [-0.2, 0) is 0 Å². The summed E-state index contributed by atoms with van der Waals surface area (Å²) in [7, 11) is 1.88. The van der Waals surface area contributed by atoms with Crippen LogP contribution in [0.5, 0.6) is 0 Å². The molecule has 6 heteroatoms. The van der Waals surface area contributed by atoms with Crippen molar-refractivity contribution in [2.45, 2.75) is 39.2 Å². The zero-order chi connectivity index (χ0) is 18.5. The lowest BCUT2D eigenvalue weighted by molar-refractivity contribution is 0.189. The number of aryl methyl sites for hydroxylation is 1. The third-order valence-corrected chi connectivity index (χ3v) is 5.52. The predicted octanol–water partition coefficient (Wildman–Crippen LogP) is 4.07. The van der Waals surface area contributed by atoms with Crippen LogP contribution >= 0.6 is 24.0 Å². The monoisotopic (exact) mass is 481 g/mol. The van der Waals surface area contributed by atoms with Gasteiger partial charge in [-0.3, -0.25) is 4.99 Å². The quantitative estimate of drug-likeness (QED) is 0.407. The molecule has 148 valence electrons. The van der Waals surface area contributed by atoms with Crippen molar-refractivity contribution in [3.05, 3.63) is 54.1 Å². The SMILES string of the molecule is CN=C(NCC(C)c1cccc(C)c1)N1CCC(C)C(n2ccnc2)C1.I. The molecule has 1 aromatic carbocycles. The molecule has 0 spiro atoms. The molecule has 0 radical (unpaired) electrons. The number of likely N-dealkylation sites (tertiary alicyclic amines) is 1. The molecule has 5 nitrogen and oxygen atoms in total. The average Bonchev–Trinajstić information content (AvgIpc) is 3.17. The van der Waals surface area contributed by atoms with E-state index in [4.69, 9.17) is 0 Å². The van der Waals surface area contributed by atoms with Gasteiger partial charge in [0.1, 0.15) is 0 Å². The highest BCUT2D eigenvalue weighted by atomic mass is 127. The van der Waals surface area contributed by atoms with Crippen molar-refractivity contribution in [3.8, 4) is 0 Å². The van der Waals surface area contributed by atoms with Crippen molar-refractivity contribution in [1.82, 2.24) is 19.8 Å². The molecule has 1 aliphatic rings. The lowest BCUT2D eigenvalue weighted by Gasteiger charge is -2.39. The number of imidazole rings is 1. The van der Waals surface area contributed by atoms with Crippen molar-refractivity contribution in [2.75, 3.05) is 26.7 Å². The fraction of sp³-hybridized carbons (Fsp3) is 0.524. The first-order chi connectivity index (χ1) is 12.6. The van der Waals surface area contributed by atoms with Crippen LogP contribution in [0.4, 0.5) is 0 Å². The topological polar surface area (TPSA) is 45.5 Å². The molecule has 2 heterocycles. The van der Waals surface area contributed by atoms with Crippen molar-refractivity contribution >= 4 is 29.9 Å². The predicted molar refractivity (Wildman–Crippen MR) is 123 cm³/mol. The lowest BCUT2D eigenvalue weighted by Crippen LogP contribution is -2.49. The van der Waals surface area contributed by atoms with Crippen LogP contribution in [0.1, 0.15) is 43.4 Å². The van der Waals surface area contributed by atoms with Crippen LogP contribution in [0.2, 0.25) is 0 Å². The summed E-state index contributed by atoms with van der Waals surface area (Å²) >= 11 is 0. The third kappa shape index (κ3) is 5.46.